The summed E-state index contributed by atoms with van der Waals surface area (Å²) in [6, 6.07) is 6.79. The van der Waals surface area contributed by atoms with Crippen molar-refractivity contribution >= 4 is 49.2 Å². The van der Waals surface area contributed by atoms with E-state index in [2.05, 4.69) is 20.7 Å². The number of hydrogen-bond acceptors (Lipinski definition) is 3. The Hall–Kier alpha value is -1.64. The lowest BCUT2D eigenvalue weighted by molar-refractivity contribution is 0.0698. The molecule has 0 amide bonds. The van der Waals surface area contributed by atoms with Gasteiger partial charge in [-0.05, 0) is 52.3 Å². The molecule has 0 aliphatic rings. The highest BCUT2D eigenvalue weighted by molar-refractivity contribution is 9.10. The van der Waals surface area contributed by atoms with Gasteiger partial charge in [0.15, 0.2) is 0 Å². The van der Waals surface area contributed by atoms with Gasteiger partial charge in [0.05, 0.1) is 15.6 Å². The third kappa shape index (κ3) is 3.40. The normalized spacial score (nSPS) is 11.2. The smallest absolute Gasteiger partial charge is 0.339 e. The minimum atomic E-state index is -4.07. The number of benzene rings is 2. The van der Waals surface area contributed by atoms with Crippen LogP contribution in [-0.2, 0) is 10.0 Å². The summed E-state index contributed by atoms with van der Waals surface area (Å²) in [5, 5.41) is 9.05. The van der Waals surface area contributed by atoms with Gasteiger partial charge in [-0.2, -0.15) is 0 Å². The molecule has 0 aliphatic carbocycles. The van der Waals surface area contributed by atoms with Gasteiger partial charge in [-0.3, -0.25) is 4.72 Å². The molecule has 0 unspecified atom stereocenters. The van der Waals surface area contributed by atoms with Gasteiger partial charge in [0.2, 0.25) is 0 Å². The lowest BCUT2D eigenvalue weighted by Crippen LogP contribution is -2.16. The largest absolute Gasteiger partial charge is 0.478 e. The van der Waals surface area contributed by atoms with Gasteiger partial charge in [-0.25, -0.2) is 17.6 Å². The number of carboxylic acid groups (broad SMARTS) is 1. The molecule has 0 aliphatic heterocycles. The van der Waals surface area contributed by atoms with Crippen LogP contribution in [0.3, 0.4) is 0 Å². The molecular formula is C13H8BrClFNO4S. The molecule has 5 nitrogen and oxygen atoms in total. The van der Waals surface area contributed by atoms with E-state index < -0.39 is 21.8 Å². The molecule has 0 aromatic heterocycles. The number of halogens is 3. The zero-order valence-electron chi connectivity index (χ0n) is 10.7. The van der Waals surface area contributed by atoms with Gasteiger partial charge in [0, 0.05) is 4.47 Å². The highest BCUT2D eigenvalue weighted by Crippen LogP contribution is 2.33. The molecule has 2 aromatic rings. The fraction of sp³-hybridized carbons (Fsp3) is 0. The molecule has 0 spiro atoms. The Morgan fingerprint density at radius 2 is 1.77 bits per heavy atom. The first-order valence-corrected chi connectivity index (χ1v) is 8.37. The van der Waals surface area contributed by atoms with E-state index in [4.69, 9.17) is 11.6 Å². The molecule has 2 N–H and O–H groups in total. The zero-order chi connectivity index (χ0) is 16.5. The average molecular weight is 409 g/mol. The summed E-state index contributed by atoms with van der Waals surface area (Å²) in [7, 11) is -4.07. The molecule has 0 bridgehead atoms. The number of nitrogens with one attached hydrogen (secondary N) is 1. The van der Waals surface area contributed by atoms with E-state index in [0.29, 0.717) is 4.47 Å². The molecule has 0 heterocycles. The van der Waals surface area contributed by atoms with Crippen LogP contribution >= 0.6 is 27.5 Å². The van der Waals surface area contributed by atoms with Crippen LogP contribution in [0.5, 0.6) is 0 Å². The van der Waals surface area contributed by atoms with E-state index in [1.807, 2.05) is 0 Å². The summed E-state index contributed by atoms with van der Waals surface area (Å²) in [6.07, 6.45) is 0. The van der Waals surface area contributed by atoms with Crippen LogP contribution in [0, 0.1) is 5.82 Å². The first kappa shape index (κ1) is 16.7. The second kappa shape index (κ2) is 6.23. The number of hydrogen-bond donors (Lipinski definition) is 2. The van der Waals surface area contributed by atoms with Crippen LogP contribution in [0.25, 0.3) is 0 Å². The first-order valence-electron chi connectivity index (χ1n) is 5.72. The van der Waals surface area contributed by atoms with E-state index in [1.165, 1.54) is 12.1 Å². The number of anilines is 1. The fourth-order valence-corrected chi connectivity index (χ4v) is 3.31. The van der Waals surface area contributed by atoms with Crippen molar-refractivity contribution in [3.05, 3.63) is 57.3 Å². The number of rotatable bonds is 4. The van der Waals surface area contributed by atoms with Crippen molar-refractivity contribution in [1.29, 1.82) is 0 Å². The standard InChI is InChI=1S/C13H8BrClFNO4S/c14-9-5-6-10(11(12(9)15)13(18)19)17-22(20,21)8-3-1-7(16)2-4-8/h1-6,17H,(H,18,19). The second-order valence-corrected chi connectivity index (χ2v) is 7.06. The predicted octanol–water partition coefficient (Wildman–Crippen LogP) is 3.74. The molecule has 2 aromatic carbocycles. The molecule has 0 atom stereocenters. The van der Waals surface area contributed by atoms with Gasteiger partial charge in [0.25, 0.3) is 10.0 Å². The fourth-order valence-electron chi connectivity index (χ4n) is 1.66. The van der Waals surface area contributed by atoms with Crippen molar-refractivity contribution in [3.8, 4) is 0 Å². The van der Waals surface area contributed by atoms with Crippen LogP contribution in [-0.4, -0.2) is 19.5 Å². The van der Waals surface area contributed by atoms with Gasteiger partial charge < -0.3 is 5.11 Å². The van der Waals surface area contributed by atoms with Crippen LogP contribution in [0.1, 0.15) is 10.4 Å². The number of aromatic carboxylic acids is 1. The minimum absolute atomic E-state index is 0.133. The van der Waals surface area contributed by atoms with Crippen molar-refractivity contribution in [2.75, 3.05) is 4.72 Å². The minimum Gasteiger partial charge on any atom is -0.478 e. The Morgan fingerprint density at radius 1 is 1.18 bits per heavy atom. The van der Waals surface area contributed by atoms with Crippen molar-refractivity contribution in [2.45, 2.75) is 4.90 Å². The summed E-state index contributed by atoms with van der Waals surface area (Å²) in [6.45, 7) is 0. The average Bonchev–Trinajstić information content (AvgIpc) is 2.43. The summed E-state index contributed by atoms with van der Waals surface area (Å²) in [5.41, 5.74) is -0.577. The third-order valence-electron chi connectivity index (χ3n) is 2.68. The zero-order valence-corrected chi connectivity index (χ0v) is 13.8. The highest BCUT2D eigenvalue weighted by atomic mass is 79.9. The Labute approximate surface area is 138 Å². The first-order chi connectivity index (χ1) is 10.2. The quantitative estimate of drug-likeness (QED) is 0.807. The summed E-state index contributed by atoms with van der Waals surface area (Å²) < 4.78 is 39.7. The molecule has 0 saturated carbocycles. The number of carbonyl (C=O) groups is 1. The summed E-state index contributed by atoms with van der Waals surface area (Å²) >= 11 is 8.94. The van der Waals surface area contributed by atoms with Crippen molar-refractivity contribution < 1.29 is 22.7 Å². The number of sulfonamides is 1. The Kier molecular flexibility index (Phi) is 4.74. The van der Waals surface area contributed by atoms with Crippen molar-refractivity contribution in [3.63, 3.8) is 0 Å². The highest BCUT2D eigenvalue weighted by Gasteiger charge is 2.22. The summed E-state index contributed by atoms with van der Waals surface area (Å²) in [5.74, 6) is -1.97. The second-order valence-electron chi connectivity index (χ2n) is 4.15. The third-order valence-corrected chi connectivity index (χ3v) is 5.34. The molecule has 9 heteroatoms. The van der Waals surface area contributed by atoms with Gasteiger partial charge in [-0.1, -0.05) is 11.6 Å². The van der Waals surface area contributed by atoms with Crippen molar-refractivity contribution in [2.24, 2.45) is 0 Å². The van der Waals surface area contributed by atoms with E-state index in [-0.39, 0.29) is 21.2 Å². The Balaban J connectivity index is 2.48. The molecule has 2 rings (SSSR count). The molecule has 116 valence electrons. The molecule has 0 fully saturated rings. The molecular weight excluding hydrogens is 401 g/mol. The lowest BCUT2D eigenvalue weighted by atomic mass is 10.2. The van der Waals surface area contributed by atoms with Crippen LogP contribution in [0.4, 0.5) is 10.1 Å². The maximum Gasteiger partial charge on any atom is 0.339 e. The number of carboxylic acids is 1. The maximum absolute atomic E-state index is 12.9. The molecule has 22 heavy (non-hydrogen) atoms. The monoisotopic (exact) mass is 407 g/mol. The topological polar surface area (TPSA) is 83.5 Å². The SMILES string of the molecule is O=C(O)c1c(NS(=O)(=O)c2ccc(F)cc2)ccc(Br)c1Cl. The van der Waals surface area contributed by atoms with Crippen LogP contribution in [0.2, 0.25) is 5.02 Å². The van der Waals surface area contributed by atoms with Gasteiger partial charge in [-0.15, -0.1) is 0 Å². The van der Waals surface area contributed by atoms with E-state index >= 15 is 0 Å². The molecule has 0 radical (unpaired) electrons. The van der Waals surface area contributed by atoms with Crippen LogP contribution in [0.15, 0.2) is 45.8 Å². The van der Waals surface area contributed by atoms with Crippen molar-refractivity contribution in [1.82, 2.24) is 0 Å². The maximum atomic E-state index is 12.9. The predicted molar refractivity (Wildman–Crippen MR) is 83.3 cm³/mol. The Morgan fingerprint density at radius 3 is 2.32 bits per heavy atom. The van der Waals surface area contributed by atoms with E-state index in [0.717, 1.165) is 24.3 Å². The van der Waals surface area contributed by atoms with E-state index in [1.54, 1.807) is 0 Å². The molecule has 0 saturated heterocycles. The Bertz CT molecular complexity index is 840. The lowest BCUT2D eigenvalue weighted by Gasteiger charge is -2.12. The van der Waals surface area contributed by atoms with Gasteiger partial charge in [0.1, 0.15) is 11.4 Å². The van der Waals surface area contributed by atoms with Crippen LogP contribution < -0.4 is 4.72 Å². The summed E-state index contributed by atoms with van der Waals surface area (Å²) in [4.78, 5) is 11.1. The van der Waals surface area contributed by atoms with E-state index in [9.17, 15) is 22.7 Å². The van der Waals surface area contributed by atoms with Gasteiger partial charge >= 0.3 is 5.97 Å².